The van der Waals surface area contributed by atoms with Gasteiger partial charge in [-0.1, -0.05) is 6.42 Å². The van der Waals surface area contributed by atoms with E-state index in [9.17, 15) is 9.18 Å². The van der Waals surface area contributed by atoms with E-state index in [4.69, 9.17) is 10.5 Å². The van der Waals surface area contributed by atoms with Gasteiger partial charge in [0, 0.05) is 23.7 Å². The van der Waals surface area contributed by atoms with E-state index in [1.165, 1.54) is 12.5 Å². The summed E-state index contributed by atoms with van der Waals surface area (Å²) < 4.78 is 19.0. The minimum absolute atomic E-state index is 0. The first-order valence-electron chi connectivity index (χ1n) is 8.57. The van der Waals surface area contributed by atoms with Crippen LogP contribution in [0.1, 0.15) is 39.0 Å². The molecular formula is C18H26ClFN2O2. The lowest BCUT2D eigenvalue weighted by atomic mass is 9.65. The van der Waals surface area contributed by atoms with Gasteiger partial charge in [0.1, 0.15) is 0 Å². The van der Waals surface area contributed by atoms with Crippen LogP contribution in [0.3, 0.4) is 0 Å². The topological polar surface area (TPSA) is 64.3 Å². The van der Waals surface area contributed by atoms with Gasteiger partial charge >= 0.3 is 0 Å². The van der Waals surface area contributed by atoms with Gasteiger partial charge in [0.25, 0.3) is 0 Å². The minimum Gasteiger partial charge on any atom is -0.491 e. The molecule has 1 aromatic carbocycles. The van der Waals surface area contributed by atoms with Gasteiger partial charge in [-0.2, -0.15) is 0 Å². The number of anilines is 1. The number of carbonyl (C=O) groups is 1. The number of hydrogen-bond donors (Lipinski definition) is 2. The fraction of sp³-hybridized carbons (Fsp3) is 0.611. The number of carbonyl (C=O) groups excluding carboxylic acids is 1. The molecule has 4 nitrogen and oxygen atoms in total. The number of nitrogens with one attached hydrogen (secondary N) is 1. The summed E-state index contributed by atoms with van der Waals surface area (Å²) in [5, 5.41) is 2.85. The number of hydrogen-bond acceptors (Lipinski definition) is 3. The van der Waals surface area contributed by atoms with E-state index in [0.29, 0.717) is 24.1 Å². The second-order valence-electron chi connectivity index (χ2n) is 6.76. The normalized spacial score (nSPS) is 28.6. The first kappa shape index (κ1) is 19.0. The largest absolute Gasteiger partial charge is 0.491 e. The molecule has 0 aliphatic heterocycles. The Bertz CT molecular complexity index is 570. The molecular weight excluding hydrogens is 331 g/mol. The van der Waals surface area contributed by atoms with Crippen molar-refractivity contribution in [1.29, 1.82) is 0 Å². The number of rotatable bonds is 4. The second kappa shape index (κ2) is 8.17. The van der Waals surface area contributed by atoms with E-state index in [0.717, 1.165) is 25.7 Å². The quantitative estimate of drug-likeness (QED) is 0.863. The Balaban J connectivity index is 0.00000208. The van der Waals surface area contributed by atoms with E-state index in [1.807, 2.05) is 0 Å². The summed E-state index contributed by atoms with van der Waals surface area (Å²) in [4.78, 5) is 12.5. The Labute approximate surface area is 148 Å². The molecule has 2 fully saturated rings. The van der Waals surface area contributed by atoms with E-state index >= 15 is 0 Å². The number of benzene rings is 1. The third kappa shape index (κ3) is 4.01. The van der Waals surface area contributed by atoms with Crippen LogP contribution in [0, 0.1) is 23.6 Å². The van der Waals surface area contributed by atoms with Crippen LogP contribution in [0.4, 0.5) is 10.1 Å². The molecule has 0 saturated heterocycles. The van der Waals surface area contributed by atoms with Crippen LogP contribution in [0.5, 0.6) is 5.75 Å². The van der Waals surface area contributed by atoms with Crippen LogP contribution in [0.2, 0.25) is 0 Å². The van der Waals surface area contributed by atoms with Crippen molar-refractivity contribution in [3.8, 4) is 5.75 Å². The summed E-state index contributed by atoms with van der Waals surface area (Å²) in [5.41, 5.74) is 6.75. The molecule has 6 heteroatoms. The summed E-state index contributed by atoms with van der Waals surface area (Å²) in [5.74, 6) is 0.638. The van der Waals surface area contributed by atoms with Gasteiger partial charge < -0.3 is 15.8 Å². The van der Waals surface area contributed by atoms with Gasteiger partial charge in [0.2, 0.25) is 5.91 Å². The number of ether oxygens (including phenoxy) is 1. The third-order valence-corrected chi connectivity index (χ3v) is 5.28. The molecule has 0 heterocycles. The molecule has 2 atom stereocenters. The zero-order valence-electron chi connectivity index (χ0n) is 14.0. The fourth-order valence-electron chi connectivity index (χ4n) is 4.10. The smallest absolute Gasteiger partial charge is 0.227 e. The Morgan fingerprint density at radius 3 is 2.58 bits per heavy atom. The van der Waals surface area contributed by atoms with Crippen molar-refractivity contribution in [2.75, 3.05) is 11.9 Å². The van der Waals surface area contributed by atoms with Crippen LogP contribution in [-0.2, 0) is 4.79 Å². The zero-order chi connectivity index (χ0) is 16.4. The minimum atomic E-state index is -0.452. The Hall–Kier alpha value is -1.33. The Morgan fingerprint density at radius 2 is 2.00 bits per heavy atom. The maximum absolute atomic E-state index is 13.9. The first-order chi connectivity index (χ1) is 11.1. The maximum Gasteiger partial charge on any atom is 0.227 e. The van der Waals surface area contributed by atoms with Crippen LogP contribution in [-0.4, -0.2) is 18.6 Å². The van der Waals surface area contributed by atoms with E-state index in [1.54, 1.807) is 19.1 Å². The maximum atomic E-state index is 13.9. The molecule has 2 unspecified atom stereocenters. The monoisotopic (exact) mass is 356 g/mol. The van der Waals surface area contributed by atoms with Gasteiger partial charge in [-0.3, -0.25) is 4.79 Å². The predicted octanol–water partition coefficient (Wildman–Crippen LogP) is 3.74. The van der Waals surface area contributed by atoms with Crippen LogP contribution in [0.15, 0.2) is 18.2 Å². The van der Waals surface area contributed by atoms with Crippen molar-refractivity contribution in [3.63, 3.8) is 0 Å². The van der Waals surface area contributed by atoms with Gasteiger partial charge in [-0.05, 0) is 56.6 Å². The van der Waals surface area contributed by atoms with Crippen molar-refractivity contribution in [3.05, 3.63) is 24.0 Å². The van der Waals surface area contributed by atoms with Crippen LogP contribution in [0.25, 0.3) is 0 Å². The SMILES string of the molecule is CCOc1ccc(NC(=O)C2CC3CCCC(C2)C3N)cc1F.Cl. The molecule has 24 heavy (non-hydrogen) atoms. The lowest BCUT2D eigenvalue weighted by Gasteiger charge is -2.43. The standard InChI is InChI=1S/C18H25FN2O2.ClH/c1-2-23-16-7-6-14(10-15(16)19)21-18(22)13-8-11-4-3-5-12(9-13)17(11)20;/h6-7,10-13,17H,2-5,8-9,20H2,1H3,(H,21,22);1H. The van der Waals surface area contributed by atoms with E-state index < -0.39 is 5.82 Å². The molecule has 0 radical (unpaired) electrons. The molecule has 0 spiro atoms. The van der Waals surface area contributed by atoms with Crippen molar-refractivity contribution < 1.29 is 13.9 Å². The number of fused-ring (bicyclic) bond motifs is 2. The van der Waals surface area contributed by atoms with Crippen molar-refractivity contribution in [2.24, 2.45) is 23.5 Å². The predicted molar refractivity (Wildman–Crippen MR) is 95.0 cm³/mol. The van der Waals surface area contributed by atoms with Gasteiger partial charge in [-0.25, -0.2) is 4.39 Å². The van der Waals surface area contributed by atoms with Crippen LogP contribution < -0.4 is 15.8 Å². The molecule has 1 aromatic rings. The fourth-order valence-corrected chi connectivity index (χ4v) is 4.10. The second-order valence-corrected chi connectivity index (χ2v) is 6.76. The molecule has 3 N–H and O–H groups in total. The van der Waals surface area contributed by atoms with Gasteiger partial charge in [0.15, 0.2) is 11.6 Å². The highest BCUT2D eigenvalue weighted by atomic mass is 35.5. The summed E-state index contributed by atoms with van der Waals surface area (Å²) in [7, 11) is 0. The summed E-state index contributed by atoms with van der Waals surface area (Å²) in [6.07, 6.45) is 5.17. The Morgan fingerprint density at radius 1 is 1.33 bits per heavy atom. The van der Waals surface area contributed by atoms with E-state index in [2.05, 4.69) is 5.32 Å². The molecule has 2 saturated carbocycles. The molecule has 2 aliphatic carbocycles. The third-order valence-electron chi connectivity index (χ3n) is 5.28. The molecule has 1 amide bonds. The number of nitrogens with two attached hydrogens (primary N) is 1. The Kier molecular flexibility index (Phi) is 6.47. The lowest BCUT2D eigenvalue weighted by Crippen LogP contribution is -2.48. The molecule has 0 aromatic heterocycles. The highest BCUT2D eigenvalue weighted by molar-refractivity contribution is 5.92. The summed E-state index contributed by atoms with van der Waals surface area (Å²) in [6, 6.07) is 4.80. The lowest BCUT2D eigenvalue weighted by molar-refractivity contribution is -0.122. The highest BCUT2D eigenvalue weighted by Crippen LogP contribution is 2.42. The molecule has 134 valence electrons. The average Bonchev–Trinajstić information content (AvgIpc) is 2.50. The summed E-state index contributed by atoms with van der Waals surface area (Å²) >= 11 is 0. The summed E-state index contributed by atoms with van der Waals surface area (Å²) in [6.45, 7) is 2.22. The van der Waals surface area contributed by atoms with Crippen molar-refractivity contribution in [1.82, 2.24) is 0 Å². The van der Waals surface area contributed by atoms with Gasteiger partial charge in [0.05, 0.1) is 6.61 Å². The molecule has 2 bridgehead atoms. The molecule has 2 aliphatic rings. The highest BCUT2D eigenvalue weighted by Gasteiger charge is 2.40. The molecule has 3 rings (SSSR count). The van der Waals surface area contributed by atoms with Gasteiger partial charge in [-0.15, -0.1) is 12.4 Å². The van der Waals surface area contributed by atoms with Crippen molar-refractivity contribution >= 4 is 24.0 Å². The van der Waals surface area contributed by atoms with Crippen molar-refractivity contribution in [2.45, 2.75) is 45.1 Å². The number of halogens is 2. The number of amides is 1. The zero-order valence-corrected chi connectivity index (χ0v) is 14.8. The first-order valence-corrected chi connectivity index (χ1v) is 8.57. The van der Waals surface area contributed by atoms with Crippen LogP contribution >= 0.6 is 12.4 Å². The van der Waals surface area contributed by atoms with E-state index in [-0.39, 0.29) is 36.0 Å². The average molecular weight is 357 g/mol.